The van der Waals surface area contributed by atoms with Gasteiger partial charge in [0.15, 0.2) is 0 Å². The number of ether oxygens (including phenoxy) is 2. The summed E-state index contributed by atoms with van der Waals surface area (Å²) in [6.45, 7) is 15.0. The largest absolute Gasteiger partial charge is 0.494 e. The minimum absolute atomic E-state index is 0.136. The Morgan fingerprint density at radius 2 is 1.68 bits per heavy atom. The minimum Gasteiger partial charge on any atom is -0.494 e. The van der Waals surface area contributed by atoms with Crippen LogP contribution in [0, 0.1) is 5.41 Å². The molecule has 0 radical (unpaired) electrons. The van der Waals surface area contributed by atoms with Crippen LogP contribution in [-0.2, 0) is 14.9 Å². The zero-order valence-corrected chi connectivity index (χ0v) is 16.6. The van der Waals surface area contributed by atoms with E-state index in [0.717, 1.165) is 12.0 Å². The Labute approximate surface area is 151 Å². The number of para-hydroxylation sites is 1. The standard InChI is InChI=1S/C21H32O4/c1-8-16(24-9-2)18(19(22)23)25-17-13-11-10-12-15(17)21(6,7)14-20(3,4)5/h10-13H,8-9,14H2,1-7H3,(H,22,23)/b18-16+. The summed E-state index contributed by atoms with van der Waals surface area (Å²) in [5.41, 5.74) is 0.981. The molecule has 4 heteroatoms. The monoisotopic (exact) mass is 348 g/mol. The molecule has 0 fully saturated rings. The first-order valence-corrected chi connectivity index (χ1v) is 8.88. The molecule has 1 N–H and O–H groups in total. The van der Waals surface area contributed by atoms with E-state index in [1.807, 2.05) is 38.1 Å². The number of hydrogen-bond donors (Lipinski definition) is 1. The molecule has 1 aromatic carbocycles. The lowest BCUT2D eigenvalue weighted by Gasteiger charge is -2.34. The fraction of sp³-hybridized carbons (Fsp3) is 0.571. The van der Waals surface area contributed by atoms with Gasteiger partial charge in [-0.15, -0.1) is 0 Å². The Balaban J connectivity index is 3.33. The molecule has 1 aromatic rings. The van der Waals surface area contributed by atoms with Crippen molar-refractivity contribution in [2.45, 2.75) is 66.7 Å². The van der Waals surface area contributed by atoms with E-state index in [1.165, 1.54) is 0 Å². The van der Waals surface area contributed by atoms with E-state index in [9.17, 15) is 9.90 Å². The molecule has 140 valence electrons. The molecule has 0 saturated carbocycles. The number of allylic oxidation sites excluding steroid dienone is 1. The second-order valence-corrected chi connectivity index (χ2v) is 8.06. The second kappa shape index (κ2) is 8.41. The number of aliphatic carboxylic acids is 1. The van der Waals surface area contributed by atoms with E-state index >= 15 is 0 Å². The van der Waals surface area contributed by atoms with Gasteiger partial charge in [0.25, 0.3) is 0 Å². The van der Waals surface area contributed by atoms with Crippen molar-refractivity contribution in [2.75, 3.05) is 6.61 Å². The van der Waals surface area contributed by atoms with Crippen molar-refractivity contribution in [3.8, 4) is 5.75 Å². The van der Waals surface area contributed by atoms with Gasteiger partial charge in [-0.1, -0.05) is 59.7 Å². The third kappa shape index (κ3) is 6.11. The molecule has 4 nitrogen and oxygen atoms in total. The Morgan fingerprint density at radius 3 is 2.16 bits per heavy atom. The van der Waals surface area contributed by atoms with Crippen LogP contribution in [0.5, 0.6) is 5.75 Å². The number of rotatable bonds is 8. The van der Waals surface area contributed by atoms with Crippen LogP contribution in [0.2, 0.25) is 0 Å². The molecule has 0 atom stereocenters. The average Bonchev–Trinajstić information content (AvgIpc) is 2.48. The first-order chi connectivity index (χ1) is 11.5. The summed E-state index contributed by atoms with van der Waals surface area (Å²) in [7, 11) is 0. The number of hydrogen-bond acceptors (Lipinski definition) is 3. The summed E-state index contributed by atoms with van der Waals surface area (Å²) in [4.78, 5) is 11.7. The normalized spacial score (nSPS) is 13.2. The van der Waals surface area contributed by atoms with Gasteiger partial charge in [-0.05, 0) is 30.2 Å². The van der Waals surface area contributed by atoms with Gasteiger partial charge in [0.1, 0.15) is 11.5 Å². The highest BCUT2D eigenvalue weighted by Crippen LogP contribution is 2.40. The zero-order valence-electron chi connectivity index (χ0n) is 16.6. The van der Waals surface area contributed by atoms with Gasteiger partial charge in [-0.3, -0.25) is 0 Å². The maximum absolute atomic E-state index is 11.7. The highest BCUT2D eigenvalue weighted by molar-refractivity contribution is 5.85. The van der Waals surface area contributed by atoms with Crippen molar-refractivity contribution in [1.82, 2.24) is 0 Å². The third-order valence-corrected chi connectivity index (χ3v) is 3.89. The smallest absolute Gasteiger partial charge is 0.375 e. The lowest BCUT2D eigenvalue weighted by Crippen LogP contribution is -2.26. The summed E-state index contributed by atoms with van der Waals surface area (Å²) < 4.78 is 11.3. The fourth-order valence-corrected chi connectivity index (χ4v) is 3.37. The van der Waals surface area contributed by atoms with Crippen molar-refractivity contribution < 1.29 is 19.4 Å². The van der Waals surface area contributed by atoms with E-state index < -0.39 is 5.97 Å². The van der Waals surface area contributed by atoms with Crippen LogP contribution in [0.3, 0.4) is 0 Å². The Kier molecular flexibility index (Phi) is 7.09. The van der Waals surface area contributed by atoms with Crippen molar-refractivity contribution >= 4 is 5.97 Å². The number of carboxylic acids is 1. The predicted molar refractivity (Wildman–Crippen MR) is 101 cm³/mol. The van der Waals surface area contributed by atoms with Crippen molar-refractivity contribution in [3.05, 3.63) is 41.3 Å². The lowest BCUT2D eigenvalue weighted by atomic mass is 9.72. The topological polar surface area (TPSA) is 55.8 Å². The number of carbonyl (C=O) groups is 1. The first-order valence-electron chi connectivity index (χ1n) is 8.88. The Bertz CT molecular complexity index is 621. The fourth-order valence-electron chi connectivity index (χ4n) is 3.37. The second-order valence-electron chi connectivity index (χ2n) is 8.06. The molecule has 0 aliphatic carbocycles. The van der Waals surface area contributed by atoms with E-state index in [2.05, 4.69) is 34.6 Å². The molecule has 0 bridgehead atoms. The van der Waals surface area contributed by atoms with Crippen molar-refractivity contribution in [2.24, 2.45) is 5.41 Å². The zero-order chi connectivity index (χ0) is 19.3. The van der Waals surface area contributed by atoms with E-state index in [4.69, 9.17) is 9.47 Å². The van der Waals surface area contributed by atoms with Gasteiger partial charge in [0, 0.05) is 12.0 Å². The molecule has 0 unspecified atom stereocenters. The average molecular weight is 348 g/mol. The molecule has 0 heterocycles. The van der Waals surface area contributed by atoms with Gasteiger partial charge >= 0.3 is 5.97 Å². The summed E-state index contributed by atoms with van der Waals surface area (Å²) >= 11 is 0. The molecular weight excluding hydrogens is 316 g/mol. The predicted octanol–water partition coefficient (Wildman–Crippen LogP) is 5.52. The summed E-state index contributed by atoms with van der Waals surface area (Å²) in [5.74, 6) is -0.324. The Hall–Kier alpha value is -1.97. The summed E-state index contributed by atoms with van der Waals surface area (Å²) in [6, 6.07) is 7.65. The van der Waals surface area contributed by atoms with Gasteiger partial charge in [-0.2, -0.15) is 0 Å². The van der Waals surface area contributed by atoms with Crippen LogP contribution < -0.4 is 4.74 Å². The molecule has 25 heavy (non-hydrogen) atoms. The van der Waals surface area contributed by atoms with E-state index in [1.54, 1.807) is 0 Å². The molecule has 1 rings (SSSR count). The van der Waals surface area contributed by atoms with Crippen molar-refractivity contribution in [1.29, 1.82) is 0 Å². The van der Waals surface area contributed by atoms with Crippen LogP contribution in [0.4, 0.5) is 0 Å². The number of benzene rings is 1. The van der Waals surface area contributed by atoms with E-state index in [-0.39, 0.29) is 16.6 Å². The molecule has 0 aromatic heterocycles. The first kappa shape index (κ1) is 21.1. The van der Waals surface area contributed by atoms with Crippen LogP contribution in [0.25, 0.3) is 0 Å². The molecule has 0 aliphatic heterocycles. The molecular formula is C21H32O4. The maximum atomic E-state index is 11.7. The quantitative estimate of drug-likeness (QED) is 0.496. The third-order valence-electron chi connectivity index (χ3n) is 3.89. The van der Waals surface area contributed by atoms with Gasteiger partial charge < -0.3 is 14.6 Å². The summed E-state index contributed by atoms with van der Waals surface area (Å²) in [5, 5.41) is 9.58. The molecule has 0 amide bonds. The molecule has 0 spiro atoms. The summed E-state index contributed by atoms with van der Waals surface area (Å²) in [6.07, 6.45) is 1.40. The molecule has 0 saturated heterocycles. The van der Waals surface area contributed by atoms with Gasteiger partial charge in [0.05, 0.1) is 6.61 Å². The lowest BCUT2D eigenvalue weighted by molar-refractivity contribution is -0.135. The van der Waals surface area contributed by atoms with Gasteiger partial charge in [-0.25, -0.2) is 4.79 Å². The highest BCUT2D eigenvalue weighted by atomic mass is 16.5. The maximum Gasteiger partial charge on any atom is 0.375 e. The highest BCUT2D eigenvalue weighted by Gasteiger charge is 2.31. The molecule has 0 aliphatic rings. The number of carboxylic acid groups (broad SMARTS) is 1. The van der Waals surface area contributed by atoms with E-state index in [0.29, 0.717) is 24.5 Å². The van der Waals surface area contributed by atoms with Crippen molar-refractivity contribution in [3.63, 3.8) is 0 Å². The van der Waals surface area contributed by atoms with Crippen LogP contribution >= 0.6 is 0 Å². The van der Waals surface area contributed by atoms with Crippen LogP contribution in [0.15, 0.2) is 35.8 Å². The SMILES string of the molecule is CCO/C(CC)=C(/Oc1ccccc1C(C)(C)CC(C)(C)C)C(=O)O. The minimum atomic E-state index is -1.12. The Morgan fingerprint density at radius 1 is 1.08 bits per heavy atom. The van der Waals surface area contributed by atoms with Crippen LogP contribution in [0.1, 0.15) is 66.9 Å². The van der Waals surface area contributed by atoms with Crippen LogP contribution in [-0.4, -0.2) is 17.7 Å². The van der Waals surface area contributed by atoms with Gasteiger partial charge in [0.2, 0.25) is 5.76 Å².